The molecule has 1 N–H and O–H groups in total. The van der Waals surface area contributed by atoms with Crippen LogP contribution in [0, 0.1) is 25.7 Å². The van der Waals surface area contributed by atoms with Crippen molar-refractivity contribution in [2.45, 2.75) is 20.1 Å². The molecule has 0 fully saturated rings. The molecule has 13 heavy (non-hydrogen) atoms. The summed E-state index contributed by atoms with van der Waals surface area (Å²) in [5.74, 6) is 4.78. The van der Waals surface area contributed by atoms with E-state index in [1.54, 1.807) is 0 Å². The zero-order chi connectivity index (χ0) is 9.84. The van der Waals surface area contributed by atoms with Crippen molar-refractivity contribution in [3.63, 3.8) is 0 Å². The molecule has 2 heteroatoms. The number of aliphatic hydroxyl groups is 1. The fourth-order valence-corrected chi connectivity index (χ4v) is 1.19. The van der Waals surface area contributed by atoms with Crippen molar-refractivity contribution in [3.05, 3.63) is 34.9 Å². The normalized spacial score (nSPS) is 11.7. The molecule has 0 heterocycles. The standard InChI is InChI=1S/C11H11O2/c1-8-5-9(2)7-10(6-8)3-4-11(12)13/h5-7,11-12H,1-2H3/q-1. The molecule has 0 saturated carbocycles. The van der Waals surface area contributed by atoms with Gasteiger partial charge in [-0.2, -0.15) is 0 Å². The van der Waals surface area contributed by atoms with Crippen molar-refractivity contribution in [1.29, 1.82) is 0 Å². The Hall–Kier alpha value is -1.30. The maximum atomic E-state index is 10.3. The molecular weight excluding hydrogens is 164 g/mol. The summed E-state index contributed by atoms with van der Waals surface area (Å²) in [7, 11) is 0. The van der Waals surface area contributed by atoms with Gasteiger partial charge in [0.25, 0.3) is 0 Å². The van der Waals surface area contributed by atoms with Crippen molar-refractivity contribution in [2.24, 2.45) is 0 Å². The van der Waals surface area contributed by atoms with Crippen molar-refractivity contribution >= 4 is 0 Å². The second kappa shape index (κ2) is 4.08. The maximum absolute atomic E-state index is 10.3. The van der Waals surface area contributed by atoms with Crippen LogP contribution in [-0.4, -0.2) is 11.4 Å². The van der Waals surface area contributed by atoms with Gasteiger partial charge in [0.2, 0.25) is 0 Å². The summed E-state index contributed by atoms with van der Waals surface area (Å²) in [6, 6.07) is 5.78. The van der Waals surface area contributed by atoms with E-state index in [4.69, 9.17) is 5.11 Å². The monoisotopic (exact) mass is 175 g/mol. The van der Waals surface area contributed by atoms with E-state index < -0.39 is 6.29 Å². The van der Waals surface area contributed by atoms with Crippen LogP contribution in [0.5, 0.6) is 0 Å². The molecule has 1 atom stereocenters. The first-order valence-corrected chi connectivity index (χ1v) is 4.01. The number of rotatable bonds is 0. The molecule has 0 bridgehead atoms. The first-order chi connectivity index (χ1) is 6.08. The summed E-state index contributed by atoms with van der Waals surface area (Å²) >= 11 is 0. The van der Waals surface area contributed by atoms with Crippen molar-refractivity contribution < 1.29 is 10.2 Å². The molecule has 68 valence electrons. The maximum Gasteiger partial charge on any atom is 0.0427 e. The van der Waals surface area contributed by atoms with Gasteiger partial charge in [-0.15, -0.1) is 0 Å². The highest BCUT2D eigenvalue weighted by Gasteiger charge is 1.91. The fourth-order valence-electron chi connectivity index (χ4n) is 1.19. The molecule has 0 spiro atoms. The molecule has 0 amide bonds. The number of aryl methyl sites for hydroxylation is 2. The molecular formula is C11H11O2-. The molecule has 1 aromatic rings. The van der Waals surface area contributed by atoms with Crippen LogP contribution in [0.3, 0.4) is 0 Å². The zero-order valence-corrected chi connectivity index (χ0v) is 7.66. The van der Waals surface area contributed by atoms with Gasteiger partial charge < -0.3 is 10.2 Å². The minimum atomic E-state index is -1.80. The van der Waals surface area contributed by atoms with Gasteiger partial charge in [-0.05, 0) is 37.1 Å². The van der Waals surface area contributed by atoms with Crippen LogP contribution in [0.25, 0.3) is 0 Å². The zero-order valence-electron chi connectivity index (χ0n) is 7.66. The van der Waals surface area contributed by atoms with E-state index in [9.17, 15) is 5.11 Å². The summed E-state index contributed by atoms with van der Waals surface area (Å²) in [5.41, 5.74) is 2.97. The first-order valence-electron chi connectivity index (χ1n) is 4.01. The summed E-state index contributed by atoms with van der Waals surface area (Å²) in [5, 5.41) is 18.7. The van der Waals surface area contributed by atoms with Crippen molar-refractivity contribution in [1.82, 2.24) is 0 Å². The lowest BCUT2D eigenvalue weighted by Gasteiger charge is -2.03. The van der Waals surface area contributed by atoms with Gasteiger partial charge in [-0.1, -0.05) is 17.9 Å². The van der Waals surface area contributed by atoms with Crippen LogP contribution in [0.1, 0.15) is 16.7 Å². The van der Waals surface area contributed by atoms with E-state index in [0.29, 0.717) is 0 Å². The van der Waals surface area contributed by atoms with E-state index >= 15 is 0 Å². The summed E-state index contributed by atoms with van der Waals surface area (Å²) < 4.78 is 0. The molecule has 0 aliphatic carbocycles. The van der Waals surface area contributed by atoms with Crippen LogP contribution in [0.15, 0.2) is 18.2 Å². The molecule has 2 nitrogen and oxygen atoms in total. The number of aliphatic hydroxyl groups excluding tert-OH is 1. The SMILES string of the molecule is Cc1cc(C)cc(C#CC([O-])O)c1. The molecule has 0 aliphatic heterocycles. The van der Waals surface area contributed by atoms with E-state index in [-0.39, 0.29) is 0 Å². The Morgan fingerprint density at radius 2 is 1.77 bits per heavy atom. The van der Waals surface area contributed by atoms with Gasteiger partial charge in [-0.3, -0.25) is 0 Å². The Balaban J connectivity index is 2.98. The molecule has 0 radical (unpaired) electrons. The summed E-state index contributed by atoms with van der Waals surface area (Å²) in [6.45, 7) is 3.93. The van der Waals surface area contributed by atoms with Gasteiger partial charge in [0, 0.05) is 11.9 Å². The number of benzene rings is 1. The summed E-state index contributed by atoms with van der Waals surface area (Å²) in [6.07, 6.45) is -1.80. The highest BCUT2D eigenvalue weighted by Crippen LogP contribution is 2.07. The highest BCUT2D eigenvalue weighted by atomic mass is 16.5. The summed E-state index contributed by atoms with van der Waals surface area (Å²) in [4.78, 5) is 0. The van der Waals surface area contributed by atoms with Crippen molar-refractivity contribution in [3.8, 4) is 11.8 Å². The molecule has 0 saturated heterocycles. The predicted octanol–water partition coefficient (Wildman–Crippen LogP) is 0.334. The molecule has 1 aromatic carbocycles. The lowest BCUT2D eigenvalue weighted by atomic mass is 10.1. The predicted molar refractivity (Wildman–Crippen MR) is 48.8 cm³/mol. The van der Waals surface area contributed by atoms with Crippen molar-refractivity contribution in [2.75, 3.05) is 0 Å². The van der Waals surface area contributed by atoms with Gasteiger partial charge in [0.15, 0.2) is 0 Å². The van der Waals surface area contributed by atoms with Crippen LogP contribution >= 0.6 is 0 Å². The topological polar surface area (TPSA) is 43.3 Å². The van der Waals surface area contributed by atoms with Crippen LogP contribution in [0.4, 0.5) is 0 Å². The van der Waals surface area contributed by atoms with Gasteiger partial charge in [0.1, 0.15) is 0 Å². The van der Waals surface area contributed by atoms with Gasteiger partial charge in [0.05, 0.1) is 0 Å². The van der Waals surface area contributed by atoms with Crippen LogP contribution in [-0.2, 0) is 0 Å². The molecule has 0 aliphatic rings. The van der Waals surface area contributed by atoms with Gasteiger partial charge >= 0.3 is 0 Å². The lowest BCUT2D eigenvalue weighted by Crippen LogP contribution is -2.21. The fraction of sp³-hybridized carbons (Fsp3) is 0.273. The van der Waals surface area contributed by atoms with Crippen LogP contribution in [0.2, 0.25) is 0 Å². The third-order valence-electron chi connectivity index (χ3n) is 1.56. The number of hydrogen-bond donors (Lipinski definition) is 1. The van der Waals surface area contributed by atoms with E-state index in [2.05, 4.69) is 11.8 Å². The minimum absolute atomic E-state index is 0.771. The van der Waals surface area contributed by atoms with E-state index in [1.807, 2.05) is 32.0 Å². The van der Waals surface area contributed by atoms with E-state index in [0.717, 1.165) is 16.7 Å². The molecule has 1 rings (SSSR count). The third kappa shape index (κ3) is 3.29. The second-order valence-corrected chi connectivity index (χ2v) is 3.00. The molecule has 1 unspecified atom stereocenters. The average molecular weight is 175 g/mol. The minimum Gasteiger partial charge on any atom is -0.821 e. The Morgan fingerprint density at radius 1 is 1.23 bits per heavy atom. The van der Waals surface area contributed by atoms with Gasteiger partial charge in [-0.25, -0.2) is 0 Å². The Morgan fingerprint density at radius 3 is 2.23 bits per heavy atom. The smallest absolute Gasteiger partial charge is 0.0427 e. The highest BCUT2D eigenvalue weighted by molar-refractivity contribution is 5.40. The second-order valence-electron chi connectivity index (χ2n) is 3.00. The number of hydrogen-bond acceptors (Lipinski definition) is 2. The first kappa shape index (κ1) is 9.79. The quantitative estimate of drug-likeness (QED) is 0.456. The third-order valence-corrected chi connectivity index (χ3v) is 1.56. The Labute approximate surface area is 77.8 Å². The Kier molecular flexibility index (Phi) is 3.07. The van der Waals surface area contributed by atoms with Crippen LogP contribution < -0.4 is 5.11 Å². The lowest BCUT2D eigenvalue weighted by molar-refractivity contribution is -0.459. The Bertz CT molecular complexity index is 336. The molecule has 0 aromatic heterocycles. The largest absolute Gasteiger partial charge is 0.821 e. The average Bonchev–Trinajstić information content (AvgIpc) is 1.99. The van der Waals surface area contributed by atoms with E-state index in [1.165, 1.54) is 0 Å².